The van der Waals surface area contributed by atoms with Crippen molar-refractivity contribution in [3.05, 3.63) is 0 Å². The van der Waals surface area contributed by atoms with Gasteiger partial charge < -0.3 is 21.1 Å². The molecule has 1 unspecified atom stereocenters. The van der Waals surface area contributed by atoms with Gasteiger partial charge >= 0.3 is 12.0 Å². The van der Waals surface area contributed by atoms with E-state index in [-0.39, 0.29) is 19.0 Å². The molecule has 0 bridgehead atoms. The molecule has 1 atom stereocenters. The third kappa shape index (κ3) is 6.40. The molecule has 3 amide bonds. The second kappa shape index (κ2) is 8.39. The highest BCUT2D eigenvalue weighted by Gasteiger charge is 2.27. The van der Waals surface area contributed by atoms with E-state index in [2.05, 4.69) is 16.0 Å². The van der Waals surface area contributed by atoms with Crippen LogP contribution in [0, 0.1) is 11.3 Å². The third-order valence-electron chi connectivity index (χ3n) is 3.03. The number of carbonyl (C=O) groups excluding carboxylic acids is 2. The molecule has 0 radical (unpaired) electrons. The van der Waals surface area contributed by atoms with E-state index in [1.165, 1.54) is 7.05 Å². The van der Waals surface area contributed by atoms with Crippen LogP contribution in [0.25, 0.3) is 0 Å². The molecule has 0 aromatic carbocycles. The molecule has 0 saturated heterocycles. The maximum atomic E-state index is 11.6. The van der Waals surface area contributed by atoms with Gasteiger partial charge in [-0.25, -0.2) is 4.79 Å². The van der Waals surface area contributed by atoms with E-state index in [4.69, 9.17) is 5.11 Å². The Morgan fingerprint density at radius 2 is 1.80 bits per heavy atom. The van der Waals surface area contributed by atoms with Crippen LogP contribution in [0.4, 0.5) is 4.79 Å². The van der Waals surface area contributed by atoms with Gasteiger partial charge in [-0.3, -0.25) is 9.59 Å². The quantitative estimate of drug-likeness (QED) is 0.523. The highest BCUT2D eigenvalue weighted by molar-refractivity contribution is 5.83. The molecule has 20 heavy (non-hydrogen) atoms. The molecule has 7 heteroatoms. The Hall–Kier alpha value is -1.79. The van der Waals surface area contributed by atoms with Crippen molar-refractivity contribution in [2.75, 3.05) is 20.1 Å². The molecule has 0 aliphatic heterocycles. The minimum Gasteiger partial charge on any atom is -0.481 e. The monoisotopic (exact) mass is 287 g/mol. The fourth-order valence-electron chi connectivity index (χ4n) is 1.66. The number of hydrogen-bond acceptors (Lipinski definition) is 3. The van der Waals surface area contributed by atoms with Crippen LogP contribution >= 0.6 is 0 Å². The first kappa shape index (κ1) is 18.2. The molecule has 0 aromatic heterocycles. The minimum absolute atomic E-state index is 0.0788. The Labute approximate surface area is 119 Å². The number of hydrogen-bond donors (Lipinski definition) is 4. The van der Waals surface area contributed by atoms with E-state index < -0.39 is 23.3 Å². The van der Waals surface area contributed by atoms with E-state index in [0.29, 0.717) is 6.42 Å². The summed E-state index contributed by atoms with van der Waals surface area (Å²) in [6.45, 7) is 5.56. The maximum Gasteiger partial charge on any atom is 0.314 e. The molecular formula is C13H25N3O4. The summed E-state index contributed by atoms with van der Waals surface area (Å²) in [6, 6.07) is -0.468. The molecule has 0 aliphatic rings. The number of rotatable bonds is 8. The first-order valence-corrected chi connectivity index (χ1v) is 6.71. The number of carboxylic acid groups (broad SMARTS) is 1. The zero-order valence-corrected chi connectivity index (χ0v) is 12.6. The predicted molar refractivity (Wildman–Crippen MR) is 75.3 cm³/mol. The van der Waals surface area contributed by atoms with Crippen molar-refractivity contribution in [2.24, 2.45) is 11.3 Å². The minimum atomic E-state index is -0.919. The third-order valence-corrected chi connectivity index (χ3v) is 3.03. The first-order valence-electron chi connectivity index (χ1n) is 6.71. The summed E-state index contributed by atoms with van der Waals surface area (Å²) >= 11 is 0. The number of carbonyl (C=O) groups is 3. The molecule has 0 aliphatic carbocycles. The molecular weight excluding hydrogens is 262 g/mol. The number of amides is 3. The Kier molecular flexibility index (Phi) is 7.64. The molecule has 0 saturated carbocycles. The molecule has 0 spiro atoms. The summed E-state index contributed by atoms with van der Waals surface area (Å²) in [4.78, 5) is 34.0. The van der Waals surface area contributed by atoms with Gasteiger partial charge in [-0.05, 0) is 20.3 Å². The van der Waals surface area contributed by atoms with Crippen LogP contribution in [0.1, 0.15) is 33.6 Å². The lowest BCUT2D eigenvalue weighted by Crippen LogP contribution is -2.47. The zero-order chi connectivity index (χ0) is 15.8. The van der Waals surface area contributed by atoms with Crippen molar-refractivity contribution in [2.45, 2.75) is 33.6 Å². The van der Waals surface area contributed by atoms with Crippen molar-refractivity contribution < 1.29 is 19.5 Å². The normalized spacial score (nSPS) is 12.4. The van der Waals surface area contributed by atoms with Crippen molar-refractivity contribution in [3.8, 4) is 0 Å². The molecule has 0 rings (SSSR count). The SMILES string of the molecule is CCCC(CNC(=O)NCC(C)(C)C(=O)NC)C(=O)O. The average Bonchev–Trinajstić information content (AvgIpc) is 2.39. The van der Waals surface area contributed by atoms with Gasteiger partial charge in [0.2, 0.25) is 5.91 Å². The lowest BCUT2D eigenvalue weighted by atomic mass is 9.92. The molecule has 0 heterocycles. The van der Waals surface area contributed by atoms with E-state index in [1.54, 1.807) is 13.8 Å². The Morgan fingerprint density at radius 1 is 1.20 bits per heavy atom. The van der Waals surface area contributed by atoms with Crippen molar-refractivity contribution in [1.29, 1.82) is 0 Å². The summed E-state index contributed by atoms with van der Waals surface area (Å²) in [5, 5.41) is 16.6. The predicted octanol–water partition coefficient (Wildman–Crippen LogP) is 0.559. The Bertz CT molecular complexity index is 356. The summed E-state index contributed by atoms with van der Waals surface area (Å²) in [5.74, 6) is -1.68. The zero-order valence-electron chi connectivity index (χ0n) is 12.6. The largest absolute Gasteiger partial charge is 0.481 e. The second-order valence-electron chi connectivity index (χ2n) is 5.35. The Balaban J connectivity index is 4.17. The first-order chi connectivity index (χ1) is 9.24. The van der Waals surface area contributed by atoms with Gasteiger partial charge in [0.05, 0.1) is 11.3 Å². The molecule has 7 nitrogen and oxygen atoms in total. The van der Waals surface area contributed by atoms with E-state index in [9.17, 15) is 14.4 Å². The fourth-order valence-corrected chi connectivity index (χ4v) is 1.66. The van der Waals surface area contributed by atoms with Gasteiger partial charge in [-0.1, -0.05) is 13.3 Å². The number of nitrogens with one attached hydrogen (secondary N) is 3. The number of aliphatic carboxylic acids is 1. The van der Waals surface area contributed by atoms with E-state index in [1.807, 2.05) is 6.92 Å². The van der Waals surface area contributed by atoms with E-state index in [0.717, 1.165) is 6.42 Å². The lowest BCUT2D eigenvalue weighted by molar-refractivity contribution is -0.141. The highest BCUT2D eigenvalue weighted by atomic mass is 16.4. The van der Waals surface area contributed by atoms with E-state index >= 15 is 0 Å². The van der Waals surface area contributed by atoms with Crippen LogP contribution in [0.15, 0.2) is 0 Å². The molecule has 4 N–H and O–H groups in total. The summed E-state index contributed by atoms with van der Waals surface area (Å²) in [5.41, 5.74) is -0.721. The fraction of sp³-hybridized carbons (Fsp3) is 0.769. The van der Waals surface area contributed by atoms with Crippen LogP contribution in [0.2, 0.25) is 0 Å². The van der Waals surface area contributed by atoms with Crippen molar-refractivity contribution in [3.63, 3.8) is 0 Å². The smallest absolute Gasteiger partial charge is 0.314 e. The summed E-state index contributed by atoms with van der Waals surface area (Å²) in [6.07, 6.45) is 1.25. The van der Waals surface area contributed by atoms with Crippen LogP contribution in [0.5, 0.6) is 0 Å². The van der Waals surface area contributed by atoms with Crippen LogP contribution < -0.4 is 16.0 Å². The van der Waals surface area contributed by atoms with Gasteiger partial charge in [0.25, 0.3) is 0 Å². The van der Waals surface area contributed by atoms with Gasteiger partial charge in [-0.15, -0.1) is 0 Å². The molecule has 0 aromatic rings. The number of carboxylic acids is 1. The van der Waals surface area contributed by atoms with Gasteiger partial charge in [0.1, 0.15) is 0 Å². The topological polar surface area (TPSA) is 108 Å². The molecule has 0 fully saturated rings. The van der Waals surface area contributed by atoms with Crippen LogP contribution in [0.3, 0.4) is 0 Å². The number of urea groups is 1. The van der Waals surface area contributed by atoms with Gasteiger partial charge in [0.15, 0.2) is 0 Å². The van der Waals surface area contributed by atoms with Crippen LogP contribution in [-0.2, 0) is 9.59 Å². The van der Waals surface area contributed by atoms with Crippen molar-refractivity contribution in [1.82, 2.24) is 16.0 Å². The standard InChI is InChI=1S/C13H25N3O4/c1-5-6-9(10(17)18)7-15-12(20)16-8-13(2,3)11(19)14-4/h9H,5-8H2,1-4H3,(H,14,19)(H,17,18)(H2,15,16,20). The van der Waals surface area contributed by atoms with Gasteiger partial charge in [-0.2, -0.15) is 0 Å². The van der Waals surface area contributed by atoms with Crippen LogP contribution in [-0.4, -0.2) is 43.2 Å². The molecule has 116 valence electrons. The summed E-state index contributed by atoms with van der Waals surface area (Å²) < 4.78 is 0. The summed E-state index contributed by atoms with van der Waals surface area (Å²) in [7, 11) is 1.53. The average molecular weight is 287 g/mol. The highest BCUT2D eigenvalue weighted by Crippen LogP contribution is 2.12. The lowest BCUT2D eigenvalue weighted by Gasteiger charge is -2.23. The Morgan fingerprint density at radius 3 is 2.25 bits per heavy atom. The second-order valence-corrected chi connectivity index (χ2v) is 5.35. The maximum absolute atomic E-state index is 11.6. The van der Waals surface area contributed by atoms with Crippen molar-refractivity contribution >= 4 is 17.9 Å². The van der Waals surface area contributed by atoms with Gasteiger partial charge in [0, 0.05) is 20.1 Å².